The van der Waals surface area contributed by atoms with Crippen LogP contribution in [-0.2, 0) is 16.1 Å². The first kappa shape index (κ1) is 21.2. The smallest absolute Gasteiger partial charge is 0.279 e. The molecule has 2 rings (SSSR count). The maximum absolute atomic E-state index is 12.5. The van der Waals surface area contributed by atoms with E-state index < -0.39 is 0 Å². The first-order valence-electron chi connectivity index (χ1n) is 9.04. The topological polar surface area (TPSA) is 72.3 Å². The number of likely N-dealkylation sites (N-methyl/N-ethyl adjacent to an activating group) is 2. The Labute approximate surface area is 165 Å². The van der Waals surface area contributed by atoms with Crippen molar-refractivity contribution in [1.29, 1.82) is 0 Å². The van der Waals surface area contributed by atoms with Gasteiger partial charge in [0.25, 0.3) is 11.8 Å². The number of carbonyl (C=O) groups excluding carboxylic acids is 2. The number of para-hydroxylation sites is 1. The molecule has 7 nitrogen and oxygen atoms in total. The first-order valence-corrected chi connectivity index (χ1v) is 9.04. The third-order valence-corrected chi connectivity index (χ3v) is 4.29. The lowest BCUT2D eigenvalue weighted by Crippen LogP contribution is -3.11. The number of hydrogen-bond donors (Lipinski definition) is 2. The summed E-state index contributed by atoms with van der Waals surface area (Å²) in [6.45, 7) is 0.856. The summed E-state index contributed by atoms with van der Waals surface area (Å²) in [5, 5.41) is 2.82. The van der Waals surface area contributed by atoms with Crippen molar-refractivity contribution < 1.29 is 24.0 Å². The van der Waals surface area contributed by atoms with E-state index in [-0.39, 0.29) is 24.9 Å². The highest BCUT2D eigenvalue weighted by atomic mass is 16.5. The maximum Gasteiger partial charge on any atom is 0.279 e. The van der Waals surface area contributed by atoms with Gasteiger partial charge in [-0.25, -0.2) is 0 Å². The Kier molecular flexibility index (Phi) is 7.83. The molecular weight excluding hydrogens is 358 g/mol. The molecule has 7 heteroatoms. The fraction of sp³-hybridized carbons (Fsp3) is 0.333. The van der Waals surface area contributed by atoms with Gasteiger partial charge < -0.3 is 24.6 Å². The van der Waals surface area contributed by atoms with Gasteiger partial charge in [0, 0.05) is 30.9 Å². The van der Waals surface area contributed by atoms with Crippen LogP contribution in [0, 0.1) is 0 Å². The molecule has 0 aliphatic rings. The fourth-order valence-corrected chi connectivity index (χ4v) is 2.81. The number of anilines is 1. The van der Waals surface area contributed by atoms with Crippen LogP contribution in [0.3, 0.4) is 0 Å². The molecule has 0 spiro atoms. The van der Waals surface area contributed by atoms with Crippen molar-refractivity contribution in [2.45, 2.75) is 6.54 Å². The van der Waals surface area contributed by atoms with Gasteiger partial charge in [-0.05, 0) is 18.2 Å². The summed E-state index contributed by atoms with van der Waals surface area (Å²) in [6.07, 6.45) is 0. The molecule has 0 aliphatic carbocycles. The van der Waals surface area contributed by atoms with Crippen LogP contribution >= 0.6 is 0 Å². The third-order valence-electron chi connectivity index (χ3n) is 4.29. The maximum atomic E-state index is 12.5. The van der Waals surface area contributed by atoms with E-state index in [0.29, 0.717) is 18.0 Å². The van der Waals surface area contributed by atoms with Crippen LogP contribution in [0.5, 0.6) is 11.5 Å². The summed E-state index contributed by atoms with van der Waals surface area (Å²) in [5.74, 6) is 1.22. The lowest BCUT2D eigenvalue weighted by atomic mass is 10.2. The molecule has 0 bridgehead atoms. The highest BCUT2D eigenvalue weighted by Crippen LogP contribution is 2.18. The molecule has 0 heterocycles. The summed E-state index contributed by atoms with van der Waals surface area (Å²) in [6, 6.07) is 14.8. The van der Waals surface area contributed by atoms with E-state index in [1.165, 1.54) is 0 Å². The second-order valence-corrected chi connectivity index (χ2v) is 6.65. The molecule has 2 amide bonds. The van der Waals surface area contributed by atoms with Crippen molar-refractivity contribution in [3.63, 3.8) is 0 Å². The second kappa shape index (κ2) is 10.3. The molecule has 2 N–H and O–H groups in total. The summed E-state index contributed by atoms with van der Waals surface area (Å²) < 4.78 is 10.5. The predicted molar refractivity (Wildman–Crippen MR) is 108 cm³/mol. The monoisotopic (exact) mass is 386 g/mol. The van der Waals surface area contributed by atoms with Gasteiger partial charge in [0.05, 0.1) is 21.3 Å². The number of benzene rings is 2. The van der Waals surface area contributed by atoms with Crippen LogP contribution in [0.4, 0.5) is 5.69 Å². The van der Waals surface area contributed by atoms with Gasteiger partial charge >= 0.3 is 0 Å². The zero-order chi connectivity index (χ0) is 20.5. The minimum Gasteiger partial charge on any atom is -0.497 e. The van der Waals surface area contributed by atoms with E-state index in [9.17, 15) is 9.59 Å². The molecule has 0 fully saturated rings. The van der Waals surface area contributed by atoms with Crippen molar-refractivity contribution in [2.75, 3.05) is 46.7 Å². The van der Waals surface area contributed by atoms with Crippen LogP contribution < -0.4 is 19.7 Å². The van der Waals surface area contributed by atoms with E-state index in [2.05, 4.69) is 5.32 Å². The zero-order valence-corrected chi connectivity index (χ0v) is 16.8. The molecule has 0 radical (unpaired) electrons. The van der Waals surface area contributed by atoms with E-state index in [1.807, 2.05) is 37.4 Å². The number of quaternary nitrogens is 1. The van der Waals surface area contributed by atoms with Gasteiger partial charge in [0.1, 0.15) is 11.5 Å². The lowest BCUT2D eigenvalue weighted by molar-refractivity contribution is -0.862. The lowest BCUT2D eigenvalue weighted by Gasteiger charge is -2.21. The minimum atomic E-state index is -0.161. The Morgan fingerprint density at radius 1 is 1.04 bits per heavy atom. The summed E-state index contributed by atoms with van der Waals surface area (Å²) in [4.78, 5) is 27.2. The molecule has 0 aliphatic heterocycles. The standard InChI is InChI=1S/C21H27N3O4/c1-23(14-20(25)22-17-9-7-10-18(12-17)27-3)15-21(26)24(2)13-16-8-5-6-11-19(16)28-4/h5-12H,13-15H2,1-4H3,(H,22,25)/p+1. The van der Waals surface area contributed by atoms with Gasteiger partial charge in [-0.1, -0.05) is 24.3 Å². The summed E-state index contributed by atoms with van der Waals surface area (Å²) in [5.41, 5.74) is 1.60. The molecule has 2 aromatic rings. The number of rotatable bonds is 9. The Morgan fingerprint density at radius 2 is 1.79 bits per heavy atom. The molecule has 0 aromatic heterocycles. The van der Waals surface area contributed by atoms with Gasteiger partial charge in [0.2, 0.25) is 0 Å². The van der Waals surface area contributed by atoms with Crippen LogP contribution in [0.25, 0.3) is 0 Å². The van der Waals surface area contributed by atoms with Crippen molar-refractivity contribution in [3.05, 3.63) is 54.1 Å². The molecule has 2 aromatic carbocycles. The normalized spacial score (nSPS) is 11.4. The largest absolute Gasteiger partial charge is 0.497 e. The Morgan fingerprint density at radius 3 is 2.50 bits per heavy atom. The summed E-state index contributed by atoms with van der Waals surface area (Å²) >= 11 is 0. The number of nitrogens with zero attached hydrogens (tertiary/aromatic N) is 1. The zero-order valence-electron chi connectivity index (χ0n) is 16.8. The van der Waals surface area contributed by atoms with Gasteiger partial charge in [0.15, 0.2) is 13.1 Å². The molecule has 28 heavy (non-hydrogen) atoms. The third kappa shape index (κ3) is 6.28. The average molecular weight is 386 g/mol. The number of methoxy groups -OCH3 is 2. The number of amides is 2. The van der Waals surface area contributed by atoms with E-state index in [4.69, 9.17) is 9.47 Å². The Balaban J connectivity index is 1.84. The van der Waals surface area contributed by atoms with Gasteiger partial charge in [-0.2, -0.15) is 0 Å². The summed E-state index contributed by atoms with van der Waals surface area (Å²) in [7, 11) is 6.75. The van der Waals surface area contributed by atoms with Crippen molar-refractivity contribution in [1.82, 2.24) is 4.90 Å². The van der Waals surface area contributed by atoms with Crippen LogP contribution in [0.15, 0.2) is 48.5 Å². The quantitative estimate of drug-likeness (QED) is 0.669. The van der Waals surface area contributed by atoms with Crippen LogP contribution in [0.2, 0.25) is 0 Å². The van der Waals surface area contributed by atoms with Gasteiger partial charge in [-0.3, -0.25) is 9.59 Å². The molecule has 150 valence electrons. The average Bonchev–Trinajstić information content (AvgIpc) is 2.68. The molecule has 1 atom stereocenters. The Hall–Kier alpha value is -3.06. The fourth-order valence-electron chi connectivity index (χ4n) is 2.81. The molecule has 0 saturated heterocycles. The Bertz CT molecular complexity index is 810. The number of hydrogen-bond acceptors (Lipinski definition) is 4. The SMILES string of the molecule is COc1cccc(NC(=O)C[NH+](C)CC(=O)N(C)Cc2ccccc2OC)c1. The van der Waals surface area contributed by atoms with E-state index in [1.54, 1.807) is 44.4 Å². The van der Waals surface area contributed by atoms with Crippen molar-refractivity contribution >= 4 is 17.5 Å². The van der Waals surface area contributed by atoms with Crippen molar-refractivity contribution in [2.24, 2.45) is 0 Å². The number of ether oxygens (including phenoxy) is 2. The number of carbonyl (C=O) groups is 2. The van der Waals surface area contributed by atoms with E-state index >= 15 is 0 Å². The predicted octanol–water partition coefficient (Wildman–Crippen LogP) is 0.816. The molecule has 1 unspecified atom stereocenters. The highest BCUT2D eigenvalue weighted by Gasteiger charge is 2.18. The molecular formula is C21H28N3O4+. The van der Waals surface area contributed by atoms with Crippen molar-refractivity contribution in [3.8, 4) is 11.5 Å². The minimum absolute atomic E-state index is 0.0439. The molecule has 0 saturated carbocycles. The van der Waals surface area contributed by atoms with E-state index in [0.717, 1.165) is 16.2 Å². The highest BCUT2D eigenvalue weighted by molar-refractivity contribution is 5.91. The second-order valence-electron chi connectivity index (χ2n) is 6.65. The van der Waals surface area contributed by atoms with Crippen LogP contribution in [0.1, 0.15) is 5.56 Å². The first-order chi connectivity index (χ1) is 13.4. The van der Waals surface area contributed by atoms with Gasteiger partial charge in [-0.15, -0.1) is 0 Å². The van der Waals surface area contributed by atoms with Crippen LogP contribution in [-0.4, -0.2) is 58.1 Å². The number of nitrogens with one attached hydrogen (secondary N) is 2.